The van der Waals surface area contributed by atoms with Crippen LogP contribution in [-0.4, -0.2) is 8.80 Å². The van der Waals surface area contributed by atoms with Crippen molar-refractivity contribution in [3.8, 4) is 0 Å². The smallest absolute Gasteiger partial charge is 0.0645 e. The minimum Gasteiger partial charge on any atom is -0.310 e. The van der Waals surface area contributed by atoms with Crippen molar-refractivity contribution in [3.05, 3.63) is 205 Å². The van der Waals surface area contributed by atoms with Gasteiger partial charge in [0.25, 0.3) is 0 Å². The number of aryl methyl sites for hydroxylation is 2. The maximum absolute atomic E-state index is 9.13. The third-order valence-corrected chi connectivity index (χ3v) is 12.2. The Bertz CT molecular complexity index is 4050. The van der Waals surface area contributed by atoms with Crippen LogP contribution in [0.25, 0.3) is 76.2 Å². The Morgan fingerprint density at radius 2 is 0.750 bits per heavy atom. The number of rotatable bonds is 6. The van der Waals surface area contributed by atoms with E-state index in [1.165, 1.54) is 0 Å². The lowest BCUT2D eigenvalue weighted by Crippen LogP contribution is -2.10. The van der Waals surface area contributed by atoms with Gasteiger partial charge in [-0.3, -0.25) is 0 Å². The molecule has 0 N–H and O–H groups in total. The molecule has 0 radical (unpaired) electrons. The first-order valence-electron chi connectivity index (χ1n) is 25.0. The molecule has 0 unspecified atom stereocenters. The summed E-state index contributed by atoms with van der Waals surface area (Å²) in [5, 5.41) is 7.78. The van der Waals surface area contributed by atoms with Crippen molar-refractivity contribution in [1.29, 1.82) is 0 Å². The highest BCUT2D eigenvalue weighted by Gasteiger charge is 2.26. The van der Waals surface area contributed by atoms with E-state index in [0.29, 0.717) is 22.7 Å². The predicted octanol–water partition coefficient (Wildman–Crippen LogP) is 15.5. The lowest BCUT2D eigenvalue weighted by atomic mass is 10.0. The van der Waals surface area contributed by atoms with E-state index in [0.717, 1.165) is 87.3 Å². The average molecular weight is 777 g/mol. The highest BCUT2D eigenvalue weighted by Crippen LogP contribution is 2.50. The van der Waals surface area contributed by atoms with E-state index in [1.54, 1.807) is 9.80 Å². The monoisotopic (exact) mass is 776 g/mol. The Balaban J connectivity index is 1.10. The van der Waals surface area contributed by atoms with Crippen LogP contribution in [0.1, 0.15) is 24.8 Å². The molecule has 0 aliphatic rings. The third kappa shape index (κ3) is 4.50. The normalized spacial score (nSPS) is 14.5. The quantitative estimate of drug-likeness (QED) is 0.167. The first-order valence-corrected chi connectivity index (χ1v) is 20.0. The molecule has 0 amide bonds. The van der Waals surface area contributed by atoms with E-state index in [4.69, 9.17) is 13.7 Å². The summed E-state index contributed by atoms with van der Waals surface area (Å²) in [4.78, 5) is 3.60. The van der Waals surface area contributed by atoms with Gasteiger partial charge in [-0.1, -0.05) is 120 Å². The van der Waals surface area contributed by atoms with Crippen molar-refractivity contribution in [1.82, 2.24) is 8.80 Å². The molecule has 0 atom stereocenters. The van der Waals surface area contributed by atoms with Gasteiger partial charge >= 0.3 is 0 Å². The maximum Gasteiger partial charge on any atom is 0.0645 e. The van der Waals surface area contributed by atoms with Crippen molar-refractivity contribution in [2.45, 2.75) is 13.8 Å². The van der Waals surface area contributed by atoms with E-state index < -0.39 is 36.3 Å². The Kier molecular flexibility index (Phi) is 5.11. The lowest BCUT2D eigenvalue weighted by Gasteiger charge is -2.26. The number of fused-ring (bicyclic) bond motifs is 12. The molecule has 282 valence electrons. The van der Waals surface area contributed by atoms with Crippen molar-refractivity contribution >= 4 is 110 Å². The Labute approximate surface area is 360 Å². The zero-order chi connectivity index (χ0) is 48.3. The highest BCUT2D eigenvalue weighted by atomic mass is 15.2. The second kappa shape index (κ2) is 12.3. The molecule has 4 nitrogen and oxygen atoms in total. The van der Waals surface area contributed by atoms with Gasteiger partial charge in [0.05, 0.1) is 58.2 Å². The zero-order valence-corrected chi connectivity index (χ0v) is 32.5. The van der Waals surface area contributed by atoms with Crippen LogP contribution in [-0.2, 0) is 0 Å². The van der Waals surface area contributed by atoms with Crippen LogP contribution < -0.4 is 9.80 Å². The molecule has 0 saturated heterocycles. The van der Waals surface area contributed by atoms with Gasteiger partial charge in [-0.05, 0) is 98.7 Å². The summed E-state index contributed by atoms with van der Waals surface area (Å²) in [6, 6.07) is 40.8. The molecule has 0 saturated carbocycles. The molecule has 13 aromatic rings. The first kappa shape index (κ1) is 24.8. The number of anilines is 6. The van der Waals surface area contributed by atoms with Gasteiger partial charge in [0.15, 0.2) is 0 Å². The number of nitrogens with zero attached hydrogens (tertiary/aromatic N) is 4. The van der Waals surface area contributed by atoms with Gasteiger partial charge in [0.2, 0.25) is 0 Å². The first-order chi connectivity index (χ1) is 33.8. The lowest BCUT2D eigenvalue weighted by molar-refractivity contribution is 1.29. The van der Waals surface area contributed by atoms with Crippen molar-refractivity contribution in [2.24, 2.45) is 0 Å². The predicted molar refractivity (Wildman–Crippen MR) is 255 cm³/mol. The van der Waals surface area contributed by atoms with Gasteiger partial charge in [0.1, 0.15) is 0 Å². The van der Waals surface area contributed by atoms with Crippen LogP contribution in [0, 0.1) is 13.8 Å². The molecule has 60 heavy (non-hydrogen) atoms. The summed E-state index contributed by atoms with van der Waals surface area (Å²) < 4.78 is 92.5. The number of para-hydroxylation sites is 4. The summed E-state index contributed by atoms with van der Waals surface area (Å²) in [6.07, 6.45) is 0. The maximum atomic E-state index is 9.13. The topological polar surface area (TPSA) is 15.3 Å². The second-order valence-corrected chi connectivity index (χ2v) is 15.6. The molecule has 4 heteroatoms. The molecule has 0 spiro atoms. The molecule has 0 aliphatic heterocycles. The minimum absolute atomic E-state index is 0.0652. The molecule has 0 bridgehead atoms. The van der Waals surface area contributed by atoms with E-state index in [9.17, 15) is 0 Å². The number of hydrogen-bond acceptors (Lipinski definition) is 2. The summed E-state index contributed by atoms with van der Waals surface area (Å²) in [6.45, 7) is 3.97. The Morgan fingerprint density at radius 1 is 0.367 bits per heavy atom. The standard InChI is InChI=1S/C56H38N4/c1-35-25-29-39(30-26-35)57(37-13-5-3-6-14-37)47-21-11-23-49-53(47)43-19-9-17-41-45-34-52-46(33-51(45)59(49)55(41)43)42-18-10-20-44-54-48(22-12-24-50(54)60(52)56(42)44)58(38-15-7-4-8-16-38)40-31-27-36(2)28-32-40/h3-34H,1-2H3/i3D,4D,5D,6D,7D,8D,13D,14D,15D,16D. The van der Waals surface area contributed by atoms with Gasteiger partial charge in [-0.25, -0.2) is 0 Å². The number of aromatic nitrogens is 2. The van der Waals surface area contributed by atoms with Crippen molar-refractivity contribution in [2.75, 3.05) is 9.80 Å². The second-order valence-electron chi connectivity index (χ2n) is 15.6. The summed E-state index contributed by atoms with van der Waals surface area (Å²) in [7, 11) is 0. The van der Waals surface area contributed by atoms with Crippen molar-refractivity contribution in [3.63, 3.8) is 0 Å². The molecule has 9 aromatic carbocycles. The minimum atomic E-state index is -0.450. The summed E-state index contributed by atoms with van der Waals surface area (Å²) in [5.41, 5.74) is 10.6. The van der Waals surface area contributed by atoms with Crippen LogP contribution in [0.2, 0.25) is 0 Å². The van der Waals surface area contributed by atoms with Gasteiger partial charge in [-0.15, -0.1) is 0 Å². The van der Waals surface area contributed by atoms with Gasteiger partial charge < -0.3 is 18.6 Å². The largest absolute Gasteiger partial charge is 0.310 e. The Morgan fingerprint density at radius 3 is 1.17 bits per heavy atom. The van der Waals surface area contributed by atoms with Gasteiger partial charge in [0, 0.05) is 65.8 Å². The van der Waals surface area contributed by atoms with Crippen LogP contribution in [0.15, 0.2) is 194 Å². The van der Waals surface area contributed by atoms with Crippen LogP contribution in [0.3, 0.4) is 0 Å². The van der Waals surface area contributed by atoms with E-state index in [1.807, 2.05) is 98.8 Å². The molecule has 4 aromatic heterocycles. The van der Waals surface area contributed by atoms with Gasteiger partial charge in [-0.2, -0.15) is 0 Å². The molecule has 4 heterocycles. The van der Waals surface area contributed by atoms with Crippen molar-refractivity contribution < 1.29 is 13.7 Å². The fourth-order valence-electron chi connectivity index (χ4n) is 9.76. The zero-order valence-electron chi connectivity index (χ0n) is 42.5. The molecule has 0 fully saturated rings. The average Bonchev–Trinajstić information content (AvgIpc) is 4.10. The van der Waals surface area contributed by atoms with Crippen LogP contribution >= 0.6 is 0 Å². The van der Waals surface area contributed by atoms with Crippen LogP contribution in [0.5, 0.6) is 0 Å². The third-order valence-electron chi connectivity index (χ3n) is 12.2. The van der Waals surface area contributed by atoms with E-state index >= 15 is 0 Å². The number of hydrogen-bond donors (Lipinski definition) is 0. The SMILES string of the molecule is [2H]c1c([2H])c([2H])c(N(c2ccc(C)cc2)c2cccc3c2c2cccc4c5cc6c(cc5n3c42)c2cccc3c4c(N(c5ccc(C)cc5)c5c([2H])c([2H])c([2H])c([2H])c5[2H])cccc4n6c23)c([2H])c1[2H]. The fraction of sp³-hybridized carbons (Fsp3) is 0.0357. The molecular weight excluding hydrogens is 729 g/mol. The Hall–Kier alpha value is -7.82. The van der Waals surface area contributed by atoms with E-state index in [-0.39, 0.29) is 35.5 Å². The highest BCUT2D eigenvalue weighted by molar-refractivity contribution is 6.31. The fourth-order valence-corrected chi connectivity index (χ4v) is 9.76. The summed E-state index contributed by atoms with van der Waals surface area (Å²) in [5.74, 6) is 0. The molecular formula is C56H38N4. The van der Waals surface area contributed by atoms with Crippen LogP contribution in [0.4, 0.5) is 34.1 Å². The molecule has 0 aliphatic carbocycles. The van der Waals surface area contributed by atoms with E-state index in [2.05, 4.69) is 57.3 Å². The molecule has 13 rings (SSSR count). The number of benzene rings is 9. The summed E-state index contributed by atoms with van der Waals surface area (Å²) >= 11 is 0.